The molecule has 0 unspecified atom stereocenters. The second-order valence-electron chi connectivity index (χ2n) is 9.18. The van der Waals surface area contributed by atoms with Gasteiger partial charge >= 0.3 is 0 Å². The van der Waals surface area contributed by atoms with E-state index in [2.05, 4.69) is 71.3 Å². The predicted molar refractivity (Wildman–Crippen MR) is 136 cm³/mol. The summed E-state index contributed by atoms with van der Waals surface area (Å²) in [6.45, 7) is 9.27. The van der Waals surface area contributed by atoms with Crippen LogP contribution >= 0.6 is 0 Å². The predicted octanol–water partition coefficient (Wildman–Crippen LogP) is 5.47. The summed E-state index contributed by atoms with van der Waals surface area (Å²) in [5.41, 5.74) is 6.42. The van der Waals surface area contributed by atoms with Gasteiger partial charge in [-0.2, -0.15) is 5.26 Å². The maximum absolute atomic E-state index is 9.70. The van der Waals surface area contributed by atoms with Gasteiger partial charge in [-0.1, -0.05) is 23.8 Å². The van der Waals surface area contributed by atoms with Gasteiger partial charge in [0.25, 0.3) is 0 Å². The highest BCUT2D eigenvalue weighted by Gasteiger charge is 2.17. The average Bonchev–Trinajstić information content (AvgIpc) is 3.30. The Morgan fingerprint density at radius 3 is 2.62 bits per heavy atom. The fourth-order valence-electron chi connectivity index (χ4n) is 4.50. The number of nitrogens with zero attached hydrogens (tertiary/aromatic N) is 4. The first-order valence-electron chi connectivity index (χ1n) is 11.7. The van der Waals surface area contributed by atoms with Crippen molar-refractivity contribution in [3.05, 3.63) is 77.2 Å². The molecule has 1 fully saturated rings. The minimum Gasteiger partial charge on any atom is -0.460 e. The highest BCUT2D eigenvalue weighted by molar-refractivity contribution is 5.97. The number of likely N-dealkylation sites (N-methyl/N-ethyl adjacent to an activating group) is 1. The second kappa shape index (κ2) is 9.30. The molecule has 0 radical (unpaired) electrons. The van der Waals surface area contributed by atoms with Crippen molar-refractivity contribution in [2.75, 3.05) is 38.5 Å². The number of hydrogen-bond acceptors (Lipinski definition) is 6. The molecule has 0 bridgehead atoms. The molecular weight excluding hydrogens is 422 g/mol. The third-order valence-corrected chi connectivity index (χ3v) is 6.55. The molecule has 0 amide bonds. The number of aryl methyl sites for hydroxylation is 2. The molecule has 3 heterocycles. The van der Waals surface area contributed by atoms with E-state index < -0.39 is 0 Å². The maximum Gasteiger partial charge on any atom is 0.134 e. The van der Waals surface area contributed by atoms with Gasteiger partial charge < -0.3 is 14.6 Å². The molecule has 6 heteroatoms. The van der Waals surface area contributed by atoms with Crippen LogP contribution in [0, 0.1) is 25.2 Å². The lowest BCUT2D eigenvalue weighted by Gasteiger charge is -2.31. The van der Waals surface area contributed by atoms with Crippen molar-refractivity contribution in [3.8, 4) is 17.4 Å². The molecule has 34 heavy (non-hydrogen) atoms. The van der Waals surface area contributed by atoms with Gasteiger partial charge in [-0.05, 0) is 56.8 Å². The molecule has 4 aromatic rings. The summed E-state index contributed by atoms with van der Waals surface area (Å²) in [6, 6.07) is 18.7. The minimum atomic E-state index is 0.521. The molecule has 1 aliphatic rings. The quantitative estimate of drug-likeness (QED) is 0.434. The van der Waals surface area contributed by atoms with E-state index in [1.807, 2.05) is 24.3 Å². The number of piperazine rings is 1. The number of nitriles is 1. The van der Waals surface area contributed by atoms with Crippen LogP contribution < -0.4 is 5.32 Å². The fraction of sp³-hybridized carbons (Fsp3) is 0.286. The average molecular weight is 452 g/mol. The number of fused-ring (bicyclic) bond motifs is 1. The summed E-state index contributed by atoms with van der Waals surface area (Å²) in [5.74, 6) is 1.81. The Bertz CT molecular complexity index is 1380. The summed E-state index contributed by atoms with van der Waals surface area (Å²) in [7, 11) is 2.17. The highest BCUT2D eigenvalue weighted by Crippen LogP contribution is 2.33. The van der Waals surface area contributed by atoms with E-state index in [1.165, 1.54) is 5.56 Å². The molecule has 0 aliphatic carbocycles. The summed E-state index contributed by atoms with van der Waals surface area (Å²) in [4.78, 5) is 9.35. The first kappa shape index (κ1) is 22.1. The van der Waals surface area contributed by atoms with Gasteiger partial charge in [-0.3, -0.25) is 9.88 Å². The Kier molecular flexibility index (Phi) is 6.06. The standard InChI is InChI=1S/C28H29N5O/c1-19-4-8-25(20(2)14-19)31-28-22(16-29)17-30-26-15-21(5-7-24(26)28)27-9-6-23(34-27)18-33-12-10-32(3)11-13-33/h4-9,14-15,17H,10-13,18H2,1-3H3,(H,30,31). The minimum absolute atomic E-state index is 0.521. The lowest BCUT2D eigenvalue weighted by Crippen LogP contribution is -2.43. The van der Waals surface area contributed by atoms with Crippen LogP contribution in [0.15, 0.2) is 59.1 Å². The number of aromatic nitrogens is 1. The maximum atomic E-state index is 9.70. The van der Waals surface area contributed by atoms with Crippen LogP contribution in [0.1, 0.15) is 22.5 Å². The molecule has 0 spiro atoms. The Labute approximate surface area is 200 Å². The van der Waals surface area contributed by atoms with E-state index in [0.717, 1.165) is 77.6 Å². The fourth-order valence-corrected chi connectivity index (χ4v) is 4.50. The Hall–Kier alpha value is -3.66. The van der Waals surface area contributed by atoms with E-state index in [0.29, 0.717) is 5.56 Å². The third kappa shape index (κ3) is 4.54. The zero-order valence-electron chi connectivity index (χ0n) is 19.9. The molecule has 6 nitrogen and oxygen atoms in total. The Balaban J connectivity index is 1.43. The van der Waals surface area contributed by atoms with Crippen molar-refractivity contribution in [2.24, 2.45) is 0 Å². The van der Waals surface area contributed by atoms with Crippen LogP contribution in [0.2, 0.25) is 0 Å². The number of rotatable bonds is 5. The third-order valence-electron chi connectivity index (χ3n) is 6.55. The van der Waals surface area contributed by atoms with Gasteiger partial charge in [0.15, 0.2) is 0 Å². The molecule has 1 N–H and O–H groups in total. The molecule has 1 saturated heterocycles. The van der Waals surface area contributed by atoms with Crippen LogP contribution in [-0.2, 0) is 6.54 Å². The molecule has 0 atom stereocenters. The monoisotopic (exact) mass is 451 g/mol. The van der Waals surface area contributed by atoms with Crippen molar-refractivity contribution in [2.45, 2.75) is 20.4 Å². The van der Waals surface area contributed by atoms with E-state index in [-0.39, 0.29) is 0 Å². The van der Waals surface area contributed by atoms with Crippen LogP contribution in [0.4, 0.5) is 11.4 Å². The van der Waals surface area contributed by atoms with Crippen molar-refractivity contribution < 1.29 is 4.42 Å². The van der Waals surface area contributed by atoms with E-state index in [9.17, 15) is 5.26 Å². The highest BCUT2D eigenvalue weighted by atomic mass is 16.3. The van der Waals surface area contributed by atoms with E-state index in [4.69, 9.17) is 4.42 Å². The van der Waals surface area contributed by atoms with E-state index in [1.54, 1.807) is 6.20 Å². The van der Waals surface area contributed by atoms with Gasteiger partial charge in [-0.15, -0.1) is 0 Å². The molecule has 172 valence electrons. The summed E-state index contributed by atoms with van der Waals surface area (Å²) < 4.78 is 6.19. The SMILES string of the molecule is Cc1ccc(Nc2c(C#N)cnc3cc(-c4ccc(CN5CCN(C)CC5)o4)ccc23)c(C)c1. The Morgan fingerprint density at radius 1 is 1.03 bits per heavy atom. The first-order chi connectivity index (χ1) is 16.5. The van der Waals surface area contributed by atoms with Crippen molar-refractivity contribution in [1.29, 1.82) is 5.26 Å². The van der Waals surface area contributed by atoms with Crippen molar-refractivity contribution >= 4 is 22.3 Å². The summed E-state index contributed by atoms with van der Waals surface area (Å²) >= 11 is 0. The van der Waals surface area contributed by atoms with Crippen LogP contribution in [0.25, 0.3) is 22.2 Å². The zero-order valence-corrected chi connectivity index (χ0v) is 19.9. The molecule has 5 rings (SSSR count). The number of furan rings is 1. The molecular formula is C28H29N5O. The topological polar surface area (TPSA) is 68.3 Å². The Morgan fingerprint density at radius 2 is 1.85 bits per heavy atom. The van der Waals surface area contributed by atoms with Crippen molar-refractivity contribution in [1.82, 2.24) is 14.8 Å². The molecule has 1 aliphatic heterocycles. The zero-order chi connectivity index (χ0) is 23.7. The van der Waals surface area contributed by atoms with Gasteiger partial charge in [0.2, 0.25) is 0 Å². The largest absolute Gasteiger partial charge is 0.460 e. The molecule has 2 aromatic carbocycles. The van der Waals surface area contributed by atoms with Gasteiger partial charge in [-0.25, -0.2) is 0 Å². The lowest BCUT2D eigenvalue weighted by atomic mass is 10.0. The number of anilines is 2. The molecule has 0 saturated carbocycles. The van der Waals surface area contributed by atoms with Gasteiger partial charge in [0, 0.05) is 49.0 Å². The van der Waals surface area contributed by atoms with E-state index >= 15 is 0 Å². The summed E-state index contributed by atoms with van der Waals surface area (Å²) in [6.07, 6.45) is 1.64. The smallest absolute Gasteiger partial charge is 0.134 e. The van der Waals surface area contributed by atoms with Crippen LogP contribution in [0.5, 0.6) is 0 Å². The number of hydrogen-bond donors (Lipinski definition) is 1. The van der Waals surface area contributed by atoms with Gasteiger partial charge in [0.1, 0.15) is 17.6 Å². The lowest BCUT2D eigenvalue weighted by molar-refractivity contribution is 0.140. The number of benzene rings is 2. The summed E-state index contributed by atoms with van der Waals surface area (Å²) in [5, 5.41) is 14.1. The second-order valence-corrected chi connectivity index (χ2v) is 9.18. The normalized spacial score (nSPS) is 14.9. The van der Waals surface area contributed by atoms with Crippen LogP contribution in [-0.4, -0.2) is 48.0 Å². The van der Waals surface area contributed by atoms with Crippen LogP contribution in [0.3, 0.4) is 0 Å². The van der Waals surface area contributed by atoms with Gasteiger partial charge in [0.05, 0.1) is 23.3 Å². The first-order valence-corrected chi connectivity index (χ1v) is 11.7. The van der Waals surface area contributed by atoms with Crippen molar-refractivity contribution in [3.63, 3.8) is 0 Å². The molecule has 2 aromatic heterocycles. The number of nitrogens with one attached hydrogen (secondary N) is 1. The number of pyridine rings is 1.